The summed E-state index contributed by atoms with van der Waals surface area (Å²) in [5.41, 5.74) is 2.82. The summed E-state index contributed by atoms with van der Waals surface area (Å²) < 4.78 is 41.9. The van der Waals surface area contributed by atoms with Gasteiger partial charge >= 0.3 is 6.18 Å². The summed E-state index contributed by atoms with van der Waals surface area (Å²) in [5, 5.41) is 0. The lowest BCUT2D eigenvalue weighted by Gasteiger charge is -2.14. The molecule has 1 fully saturated rings. The molecule has 0 N–H and O–H groups in total. The summed E-state index contributed by atoms with van der Waals surface area (Å²) >= 11 is 0. The Kier molecular flexibility index (Phi) is 7.51. The van der Waals surface area contributed by atoms with E-state index in [0.29, 0.717) is 41.4 Å². The zero-order chi connectivity index (χ0) is 27.7. The normalized spacial score (nSPS) is 16.9. The lowest BCUT2D eigenvalue weighted by Crippen LogP contribution is -2.23. The second-order valence-electron chi connectivity index (χ2n) is 10.7. The number of rotatable bonds is 9. The predicted molar refractivity (Wildman–Crippen MR) is 143 cm³/mol. The van der Waals surface area contributed by atoms with E-state index in [-0.39, 0.29) is 36.0 Å². The largest absolute Gasteiger partial charge is 0.433 e. The number of hydrogen-bond donors (Lipinski definition) is 0. The van der Waals surface area contributed by atoms with E-state index in [1.807, 2.05) is 26.0 Å². The Balaban J connectivity index is 1.30. The Morgan fingerprint density at radius 3 is 2.64 bits per heavy atom. The highest BCUT2D eigenvalue weighted by Crippen LogP contribution is 2.32. The number of nitrogens with zero attached hydrogens (tertiary/aromatic N) is 4. The Labute approximate surface area is 225 Å². The Hall–Kier alpha value is -3.62. The highest BCUT2D eigenvalue weighted by molar-refractivity contribution is 6.27. The Morgan fingerprint density at radius 1 is 1.15 bits per heavy atom. The smallest absolute Gasteiger partial charge is 0.299 e. The molecule has 1 aliphatic carbocycles. The lowest BCUT2D eigenvalue weighted by molar-refractivity contribution is -0.123. The maximum Gasteiger partial charge on any atom is 0.433 e. The van der Waals surface area contributed by atoms with Gasteiger partial charge in [-0.1, -0.05) is 56.9 Å². The fourth-order valence-electron chi connectivity index (χ4n) is 5.72. The van der Waals surface area contributed by atoms with Crippen LogP contribution < -0.4 is 0 Å². The number of ketones is 2. The van der Waals surface area contributed by atoms with E-state index in [0.717, 1.165) is 24.0 Å². The molecule has 3 heterocycles. The fraction of sp³-hybridized carbons (Fsp3) is 0.433. The minimum atomic E-state index is -4.54. The van der Waals surface area contributed by atoms with Crippen molar-refractivity contribution in [2.75, 3.05) is 6.54 Å². The number of aryl methyl sites for hydroxylation is 1. The molecule has 2 aromatic heterocycles. The minimum absolute atomic E-state index is 0.0156. The van der Waals surface area contributed by atoms with Crippen LogP contribution in [0.3, 0.4) is 0 Å². The molecule has 2 aliphatic rings. The maximum atomic E-state index is 13.4. The molecule has 3 aromatic rings. The molecule has 1 saturated carbocycles. The zero-order valence-electron chi connectivity index (χ0n) is 22.1. The van der Waals surface area contributed by atoms with Crippen LogP contribution in [-0.4, -0.2) is 44.4 Å². The van der Waals surface area contributed by atoms with Gasteiger partial charge in [0.05, 0.1) is 24.1 Å². The van der Waals surface area contributed by atoms with E-state index in [1.54, 1.807) is 22.9 Å². The van der Waals surface area contributed by atoms with Crippen molar-refractivity contribution >= 4 is 28.5 Å². The molecule has 204 valence electrons. The van der Waals surface area contributed by atoms with Crippen LogP contribution in [-0.2, 0) is 11.2 Å². The number of aliphatic imine (C=N–C) groups is 1. The number of aromatic nitrogens is 3. The van der Waals surface area contributed by atoms with Gasteiger partial charge in [0.1, 0.15) is 11.5 Å². The van der Waals surface area contributed by atoms with Crippen LogP contribution in [0.5, 0.6) is 0 Å². The molecule has 0 radical (unpaired) electrons. The molecular weight excluding hydrogens is 505 g/mol. The van der Waals surface area contributed by atoms with Gasteiger partial charge in [-0.3, -0.25) is 24.0 Å². The van der Waals surface area contributed by atoms with E-state index < -0.39 is 11.9 Å². The third kappa shape index (κ3) is 5.72. The van der Waals surface area contributed by atoms with Gasteiger partial charge in [0, 0.05) is 48.7 Å². The van der Waals surface area contributed by atoms with Gasteiger partial charge < -0.3 is 0 Å². The number of allylic oxidation sites excluding steroid dienone is 1. The second-order valence-corrected chi connectivity index (χ2v) is 10.7. The molecule has 39 heavy (non-hydrogen) atoms. The number of benzene rings is 1. The van der Waals surface area contributed by atoms with Crippen LogP contribution in [0.15, 0.2) is 47.9 Å². The van der Waals surface area contributed by atoms with Crippen LogP contribution in [0, 0.1) is 18.8 Å². The molecule has 6 nitrogen and oxygen atoms in total. The molecule has 5 rings (SSSR count). The van der Waals surface area contributed by atoms with Crippen LogP contribution in [0.1, 0.15) is 78.3 Å². The van der Waals surface area contributed by atoms with Gasteiger partial charge in [-0.2, -0.15) is 13.2 Å². The monoisotopic (exact) mass is 536 g/mol. The van der Waals surface area contributed by atoms with Gasteiger partial charge in [-0.15, -0.1) is 0 Å². The number of carbonyl (C=O) groups excluding carboxylic acids is 2. The molecule has 1 aliphatic heterocycles. The molecular formula is C30H31F3N4O2. The average molecular weight is 537 g/mol. The summed E-state index contributed by atoms with van der Waals surface area (Å²) in [6, 6.07) is 5.56. The summed E-state index contributed by atoms with van der Waals surface area (Å²) in [6.45, 7) is 3.69. The van der Waals surface area contributed by atoms with Crippen molar-refractivity contribution in [2.24, 2.45) is 16.8 Å². The molecule has 1 aromatic carbocycles. The number of alkyl halides is 3. The van der Waals surface area contributed by atoms with E-state index in [2.05, 4.69) is 15.0 Å². The molecule has 0 amide bonds. The maximum absolute atomic E-state index is 13.4. The van der Waals surface area contributed by atoms with Crippen molar-refractivity contribution in [3.8, 4) is 0 Å². The zero-order valence-corrected chi connectivity index (χ0v) is 22.1. The molecule has 1 atom stereocenters. The van der Waals surface area contributed by atoms with Gasteiger partial charge in [0.15, 0.2) is 11.4 Å². The fourth-order valence-corrected chi connectivity index (χ4v) is 5.72. The molecule has 9 heteroatoms. The van der Waals surface area contributed by atoms with E-state index in [1.165, 1.54) is 25.1 Å². The van der Waals surface area contributed by atoms with Crippen molar-refractivity contribution in [1.82, 2.24) is 14.4 Å². The first kappa shape index (κ1) is 27.0. The second kappa shape index (κ2) is 10.9. The number of fused-ring (bicyclic) bond motifs is 1. The van der Waals surface area contributed by atoms with Gasteiger partial charge in [-0.25, -0.2) is 4.98 Å². The predicted octanol–water partition coefficient (Wildman–Crippen LogP) is 6.39. The van der Waals surface area contributed by atoms with Crippen LogP contribution >= 0.6 is 0 Å². The highest BCUT2D eigenvalue weighted by atomic mass is 19.4. The first-order valence-electron chi connectivity index (χ1n) is 13.4. The lowest BCUT2D eigenvalue weighted by atomic mass is 9.89. The van der Waals surface area contributed by atoms with Crippen LogP contribution in [0.4, 0.5) is 13.2 Å². The first-order valence-corrected chi connectivity index (χ1v) is 13.4. The van der Waals surface area contributed by atoms with Crippen LogP contribution in [0.25, 0.3) is 11.2 Å². The molecule has 0 saturated heterocycles. The molecule has 0 unspecified atom stereocenters. The topological polar surface area (TPSA) is 76.7 Å². The highest BCUT2D eigenvalue weighted by Gasteiger charge is 2.40. The number of Topliss-reactive ketones (excluding diaryl/α,β-unsaturated/α-hetero) is 2. The first-order chi connectivity index (χ1) is 18.6. The van der Waals surface area contributed by atoms with Crippen molar-refractivity contribution in [2.45, 2.75) is 65.0 Å². The van der Waals surface area contributed by atoms with Crippen molar-refractivity contribution in [1.29, 1.82) is 0 Å². The standard InChI is InChI=1S/C30H31F3N4O2/c1-18-13-21(7-8-22(18)27(39)14-19(2)26(38)16-20-5-3-4-6-20)15-24-29-36-17-25(37(29)12-11-34-24)23-9-10-35-28(23)30(31,32)33/h7-9,11-13,17,19-20H,3-6,10,14-16H2,1-2H3/t19-/m1/s1. The number of hydrogen-bond acceptors (Lipinski definition) is 5. The summed E-state index contributed by atoms with van der Waals surface area (Å²) in [7, 11) is 0. The summed E-state index contributed by atoms with van der Waals surface area (Å²) in [4.78, 5) is 38.1. The molecule has 0 bridgehead atoms. The van der Waals surface area contributed by atoms with E-state index in [9.17, 15) is 22.8 Å². The van der Waals surface area contributed by atoms with E-state index in [4.69, 9.17) is 0 Å². The van der Waals surface area contributed by atoms with Gasteiger partial charge in [0.25, 0.3) is 0 Å². The Morgan fingerprint density at radius 2 is 1.92 bits per heavy atom. The van der Waals surface area contributed by atoms with Crippen molar-refractivity contribution in [3.63, 3.8) is 0 Å². The third-order valence-corrected chi connectivity index (χ3v) is 7.81. The van der Waals surface area contributed by atoms with Gasteiger partial charge in [-0.05, 0) is 24.0 Å². The number of halogens is 3. The number of carbonyl (C=O) groups is 2. The SMILES string of the molecule is Cc1cc(Cc2nccn3c(C4=CCN=C4C(F)(F)F)cnc23)ccc1C(=O)C[C@@H](C)C(=O)CC1CCCC1. The summed E-state index contributed by atoms with van der Waals surface area (Å²) in [6.07, 6.45) is 7.22. The quantitative estimate of drug-likeness (QED) is 0.297. The number of imidazole rings is 1. The van der Waals surface area contributed by atoms with Crippen molar-refractivity contribution < 1.29 is 22.8 Å². The van der Waals surface area contributed by atoms with Crippen LogP contribution in [0.2, 0.25) is 0 Å². The third-order valence-electron chi connectivity index (χ3n) is 7.81. The Bertz CT molecular complexity index is 1480. The minimum Gasteiger partial charge on any atom is -0.299 e. The summed E-state index contributed by atoms with van der Waals surface area (Å²) in [5.74, 6) is 0.294. The molecule has 0 spiro atoms. The average Bonchev–Trinajstić information content (AvgIpc) is 3.64. The van der Waals surface area contributed by atoms with Gasteiger partial charge in [0.2, 0.25) is 0 Å². The van der Waals surface area contributed by atoms with Crippen molar-refractivity contribution in [3.05, 3.63) is 70.9 Å². The van der Waals surface area contributed by atoms with E-state index >= 15 is 0 Å².